The second-order valence-corrected chi connectivity index (χ2v) is 14.9. The standard InChI is InChI=1S/C33H48FN4O12PS/c1-9-20(4)48-31(43)35-26(22(6)52-8)29(42)45-18-38-25(39)15-16-37(32(38)44)30-33(7,34)27(40)24(49-30)17-46-51(50-23-13-11-10-12-14-23)36-21(5)28(41)47-19(2)3/h10-16,19-22,24,26-27,30,36,40H,9,17-18H2,1-8H3,(H,35,43)/t20?,21-,22?,24+,26-,27+,30+,33+,51?/m0/s1. The van der Waals surface area contributed by atoms with Gasteiger partial charge in [-0.15, -0.1) is 0 Å². The van der Waals surface area contributed by atoms with Crippen LogP contribution in [-0.2, 0) is 39.8 Å². The maximum Gasteiger partial charge on any atom is 0.408 e. The van der Waals surface area contributed by atoms with Gasteiger partial charge in [0, 0.05) is 17.5 Å². The first-order chi connectivity index (χ1) is 24.5. The molecule has 1 amide bonds. The molecule has 290 valence electrons. The lowest BCUT2D eigenvalue weighted by Gasteiger charge is -2.26. The molecule has 19 heteroatoms. The Morgan fingerprint density at radius 2 is 1.75 bits per heavy atom. The molecule has 1 fully saturated rings. The number of alkyl halides is 1. The number of alkyl carbamates (subject to hydrolysis) is 1. The summed E-state index contributed by atoms with van der Waals surface area (Å²) in [5, 5.41) is 15.9. The topological polar surface area (TPSA) is 195 Å². The number of hydrogen-bond acceptors (Lipinski definition) is 14. The molecule has 16 nitrogen and oxygen atoms in total. The molecule has 1 aliphatic heterocycles. The molecule has 3 unspecified atom stereocenters. The summed E-state index contributed by atoms with van der Waals surface area (Å²) in [6, 6.07) is 7.44. The number of hydrogen-bond donors (Lipinski definition) is 3. The number of benzene rings is 1. The van der Waals surface area contributed by atoms with Crippen molar-refractivity contribution in [3.05, 3.63) is 63.4 Å². The lowest BCUT2D eigenvalue weighted by Crippen LogP contribution is -2.49. The number of nitrogens with zero attached hydrogens (tertiary/aromatic N) is 2. The number of aliphatic hydroxyl groups is 1. The van der Waals surface area contributed by atoms with E-state index < -0.39 is 98.7 Å². The molecule has 3 N–H and O–H groups in total. The number of carbonyl (C=O) groups is 3. The van der Waals surface area contributed by atoms with Crippen molar-refractivity contribution >= 4 is 38.3 Å². The van der Waals surface area contributed by atoms with Crippen LogP contribution in [0.4, 0.5) is 9.18 Å². The Balaban J connectivity index is 1.77. The van der Waals surface area contributed by atoms with E-state index in [9.17, 15) is 29.1 Å². The van der Waals surface area contributed by atoms with E-state index in [-0.39, 0.29) is 6.10 Å². The van der Waals surface area contributed by atoms with Crippen molar-refractivity contribution < 1.29 is 51.9 Å². The fourth-order valence-electron chi connectivity index (χ4n) is 4.68. The predicted molar refractivity (Wildman–Crippen MR) is 190 cm³/mol. The Bertz CT molecular complexity index is 1610. The summed E-state index contributed by atoms with van der Waals surface area (Å²) in [6.07, 6.45) is -3.26. The Morgan fingerprint density at radius 1 is 1.08 bits per heavy atom. The van der Waals surface area contributed by atoms with Gasteiger partial charge in [-0.05, 0) is 59.4 Å². The van der Waals surface area contributed by atoms with Gasteiger partial charge in [0.05, 0.1) is 12.7 Å². The van der Waals surface area contributed by atoms with Crippen LogP contribution in [0.1, 0.15) is 61.1 Å². The zero-order valence-corrected chi connectivity index (χ0v) is 32.1. The molecule has 0 spiro atoms. The van der Waals surface area contributed by atoms with Gasteiger partial charge < -0.3 is 38.4 Å². The largest absolute Gasteiger partial charge is 0.462 e. The molecule has 1 aromatic heterocycles. The Kier molecular flexibility index (Phi) is 16.1. The van der Waals surface area contributed by atoms with Gasteiger partial charge in [0.2, 0.25) is 0 Å². The van der Waals surface area contributed by atoms with E-state index in [2.05, 4.69) is 10.4 Å². The first-order valence-corrected chi connectivity index (χ1v) is 19.1. The summed E-state index contributed by atoms with van der Waals surface area (Å²) >= 11 is 1.26. The van der Waals surface area contributed by atoms with Gasteiger partial charge >= 0.3 is 32.2 Å². The summed E-state index contributed by atoms with van der Waals surface area (Å²) < 4.78 is 50.8. The van der Waals surface area contributed by atoms with Crippen LogP contribution in [0.25, 0.3) is 0 Å². The van der Waals surface area contributed by atoms with Crippen molar-refractivity contribution in [3.8, 4) is 5.75 Å². The molecule has 9 atom stereocenters. The first kappa shape index (κ1) is 42.9. The van der Waals surface area contributed by atoms with E-state index in [1.165, 1.54) is 11.8 Å². The molecule has 0 saturated carbocycles. The minimum atomic E-state index is -2.58. The molecule has 1 saturated heterocycles. The third-order valence-electron chi connectivity index (χ3n) is 7.94. The van der Waals surface area contributed by atoms with Crippen LogP contribution in [0.3, 0.4) is 0 Å². The number of amides is 1. The number of esters is 2. The minimum absolute atomic E-state index is 0.368. The van der Waals surface area contributed by atoms with Crippen molar-refractivity contribution in [2.45, 2.75) is 115 Å². The number of aliphatic hydroxyl groups excluding tert-OH is 1. The number of rotatable bonds is 18. The molecule has 1 aromatic carbocycles. The van der Waals surface area contributed by atoms with Gasteiger partial charge in [-0.1, -0.05) is 32.0 Å². The average Bonchev–Trinajstić information content (AvgIpc) is 3.32. The van der Waals surface area contributed by atoms with E-state index in [0.29, 0.717) is 16.7 Å². The van der Waals surface area contributed by atoms with Gasteiger partial charge in [0.1, 0.15) is 36.1 Å². The highest BCUT2D eigenvalue weighted by Crippen LogP contribution is 2.43. The second-order valence-electron chi connectivity index (χ2n) is 12.5. The number of para-hydroxylation sites is 1. The fourth-order valence-corrected chi connectivity index (χ4v) is 6.33. The van der Waals surface area contributed by atoms with Gasteiger partial charge in [-0.3, -0.25) is 14.2 Å². The van der Waals surface area contributed by atoms with Gasteiger partial charge in [-0.2, -0.15) is 11.8 Å². The van der Waals surface area contributed by atoms with Crippen molar-refractivity contribution in [1.29, 1.82) is 0 Å². The Hall–Kier alpha value is -3.54. The zero-order chi connectivity index (χ0) is 38.7. The Labute approximate surface area is 306 Å². The van der Waals surface area contributed by atoms with Crippen LogP contribution in [0.15, 0.2) is 52.2 Å². The molecule has 3 rings (SSSR count). The van der Waals surface area contributed by atoms with Crippen molar-refractivity contribution in [1.82, 2.24) is 19.5 Å². The second kappa shape index (κ2) is 19.5. The first-order valence-electron chi connectivity index (χ1n) is 16.6. The van der Waals surface area contributed by atoms with Crippen LogP contribution < -0.4 is 26.2 Å². The van der Waals surface area contributed by atoms with Crippen LogP contribution in [0.2, 0.25) is 0 Å². The summed E-state index contributed by atoms with van der Waals surface area (Å²) in [7, 11) is -2.08. The monoisotopic (exact) mass is 774 g/mol. The highest BCUT2D eigenvalue weighted by Gasteiger charge is 2.55. The highest BCUT2D eigenvalue weighted by atomic mass is 32.2. The number of aromatic nitrogens is 2. The minimum Gasteiger partial charge on any atom is -0.462 e. The Morgan fingerprint density at radius 3 is 2.37 bits per heavy atom. The van der Waals surface area contributed by atoms with E-state index in [1.807, 2.05) is 6.92 Å². The molecular weight excluding hydrogens is 726 g/mol. The third-order valence-corrected chi connectivity index (χ3v) is 10.3. The lowest BCUT2D eigenvalue weighted by atomic mass is 9.98. The summed E-state index contributed by atoms with van der Waals surface area (Å²) in [4.78, 5) is 64.1. The molecular formula is C33H48FN4O12PS. The maximum absolute atomic E-state index is 16.2. The van der Waals surface area contributed by atoms with Gasteiger partial charge in [0.15, 0.2) is 18.6 Å². The predicted octanol–water partition coefficient (Wildman–Crippen LogP) is 3.39. The number of nitrogens with one attached hydrogen (secondary N) is 2. The van der Waals surface area contributed by atoms with Gasteiger partial charge in [-0.25, -0.2) is 28.4 Å². The molecule has 0 aliphatic carbocycles. The number of halogens is 1. The van der Waals surface area contributed by atoms with Crippen LogP contribution in [0, 0.1) is 0 Å². The molecule has 2 heterocycles. The molecule has 0 radical (unpaired) electrons. The van der Waals surface area contributed by atoms with E-state index in [0.717, 1.165) is 23.8 Å². The quantitative estimate of drug-likeness (QED) is 0.113. The number of thioether (sulfide) groups is 1. The molecule has 0 bridgehead atoms. The average molecular weight is 775 g/mol. The number of ether oxygens (including phenoxy) is 4. The smallest absolute Gasteiger partial charge is 0.408 e. The van der Waals surface area contributed by atoms with Crippen LogP contribution in [-0.4, -0.2) is 92.6 Å². The third kappa shape index (κ3) is 11.5. The summed E-state index contributed by atoms with van der Waals surface area (Å²) in [6.45, 7) is 9.84. The fraction of sp³-hybridized carbons (Fsp3) is 0.606. The lowest BCUT2D eigenvalue weighted by molar-refractivity contribution is -0.150. The zero-order valence-electron chi connectivity index (χ0n) is 30.3. The van der Waals surface area contributed by atoms with Crippen molar-refractivity contribution in [2.75, 3.05) is 12.9 Å². The van der Waals surface area contributed by atoms with Crippen LogP contribution >= 0.6 is 20.3 Å². The maximum atomic E-state index is 16.2. The van der Waals surface area contributed by atoms with Crippen molar-refractivity contribution in [2.24, 2.45) is 0 Å². The summed E-state index contributed by atoms with van der Waals surface area (Å²) in [5.41, 5.74) is -4.55. The number of carbonyl (C=O) groups excluding carboxylic acids is 3. The van der Waals surface area contributed by atoms with E-state index in [4.69, 9.17) is 28.0 Å². The molecule has 2 aromatic rings. The molecule has 52 heavy (non-hydrogen) atoms. The van der Waals surface area contributed by atoms with E-state index >= 15 is 4.39 Å². The van der Waals surface area contributed by atoms with Crippen LogP contribution in [0.5, 0.6) is 5.75 Å². The van der Waals surface area contributed by atoms with Gasteiger partial charge in [0.25, 0.3) is 5.56 Å². The summed E-state index contributed by atoms with van der Waals surface area (Å²) in [5.74, 6) is -1.11. The highest BCUT2D eigenvalue weighted by molar-refractivity contribution is 7.99. The molecule has 1 aliphatic rings. The van der Waals surface area contributed by atoms with Crippen molar-refractivity contribution in [3.63, 3.8) is 0 Å². The van der Waals surface area contributed by atoms with E-state index in [1.54, 1.807) is 71.2 Å². The SMILES string of the molecule is CCC(C)OC(=O)N[C@H](C(=O)OCn1c(=O)ccn([C@@H]2O[C@H](COP(N[C@@H](C)C(=O)OC(C)C)Oc3ccccc3)[C@@H](O)[C@@]2(C)F)c1=O)C(C)SC. The normalized spacial score (nSPS) is 22.9.